The Balaban J connectivity index is 1.26. The highest BCUT2D eigenvalue weighted by atomic mass is 16.5. The van der Waals surface area contributed by atoms with Crippen molar-refractivity contribution in [1.82, 2.24) is 0 Å². The summed E-state index contributed by atoms with van der Waals surface area (Å²) in [5.41, 5.74) is 4.55. The maximum Gasteiger partial charge on any atom is 0.123 e. The molecule has 0 spiro atoms. The number of benzene rings is 8. The van der Waals surface area contributed by atoms with E-state index in [0.717, 1.165) is 77.0 Å². The van der Waals surface area contributed by atoms with Crippen molar-refractivity contribution in [2.24, 2.45) is 0 Å². The van der Waals surface area contributed by atoms with Crippen molar-refractivity contribution < 1.29 is 59.8 Å². The second-order valence-electron chi connectivity index (χ2n) is 26.4. The number of ether oxygens (including phenoxy) is 4. The number of unbranched alkanes of at least 4 members (excludes halogenated alkanes) is 20. The summed E-state index contributed by atoms with van der Waals surface area (Å²) in [7, 11) is 0. The van der Waals surface area contributed by atoms with Gasteiger partial charge in [0.1, 0.15) is 69.0 Å². The summed E-state index contributed by atoms with van der Waals surface area (Å²) < 4.78 is 25.2. The molecule has 0 unspecified atom stereocenters. The fourth-order valence-electron chi connectivity index (χ4n) is 13.7. The van der Waals surface area contributed by atoms with Gasteiger partial charge >= 0.3 is 0 Å². The average Bonchev–Trinajstić information content (AvgIpc) is 0.746. The van der Waals surface area contributed by atoms with E-state index in [1.54, 1.807) is 24.3 Å². The van der Waals surface area contributed by atoms with Crippen molar-refractivity contribution in [2.45, 2.75) is 205 Å². The fraction of sp³-hybridized carbons (Fsp3) is 0.429. The molecule has 0 heterocycles. The molecule has 12 heteroatoms. The number of hydrogen-bond acceptors (Lipinski definition) is 12. The Kier molecular flexibility index (Phi) is 27.2. The second-order valence-corrected chi connectivity index (χ2v) is 26.4. The summed E-state index contributed by atoms with van der Waals surface area (Å²) in [6.07, 6.45) is 26.6. The van der Waals surface area contributed by atoms with Gasteiger partial charge in [-0.05, 0) is 121 Å². The van der Waals surface area contributed by atoms with E-state index in [0.29, 0.717) is 71.7 Å². The Morgan fingerprint density at radius 1 is 0.208 bits per heavy atom. The molecule has 96 heavy (non-hydrogen) atoms. The summed E-state index contributed by atoms with van der Waals surface area (Å²) >= 11 is 0. The lowest BCUT2D eigenvalue weighted by Crippen LogP contribution is -2.13. The van der Waals surface area contributed by atoms with E-state index < -0.39 is 23.7 Å². The molecule has 9 rings (SSSR count). The third kappa shape index (κ3) is 18.9. The highest BCUT2D eigenvalue weighted by Gasteiger charge is 2.35. The molecule has 0 aromatic heterocycles. The first kappa shape index (κ1) is 71.6. The highest BCUT2D eigenvalue weighted by Crippen LogP contribution is 2.54. The molecule has 8 aromatic carbocycles. The van der Waals surface area contributed by atoms with Gasteiger partial charge in [0.15, 0.2) is 0 Å². The topological polar surface area (TPSA) is 199 Å². The van der Waals surface area contributed by atoms with Crippen LogP contribution in [0.1, 0.15) is 272 Å². The van der Waals surface area contributed by atoms with Crippen LogP contribution < -0.4 is 18.9 Å². The summed E-state index contributed by atoms with van der Waals surface area (Å²) in [5.74, 6) is -3.97. The molecule has 0 atom stereocenters. The minimum atomic E-state index is -1.02. The predicted octanol–water partition coefficient (Wildman–Crippen LogP) is 21.3. The zero-order valence-electron chi connectivity index (χ0n) is 57.2. The van der Waals surface area contributed by atoms with Gasteiger partial charge in [0.25, 0.3) is 0 Å². The van der Waals surface area contributed by atoms with E-state index in [-0.39, 0.29) is 90.5 Å². The van der Waals surface area contributed by atoms with Crippen molar-refractivity contribution in [2.75, 3.05) is 26.4 Å². The number of fused-ring (bicyclic) bond motifs is 8. The lowest BCUT2D eigenvalue weighted by atomic mass is 9.75. The van der Waals surface area contributed by atoms with Crippen LogP contribution in [0.15, 0.2) is 146 Å². The smallest absolute Gasteiger partial charge is 0.123 e. The Morgan fingerprint density at radius 2 is 0.365 bits per heavy atom. The zero-order valence-corrected chi connectivity index (χ0v) is 57.2. The molecule has 12 nitrogen and oxygen atoms in total. The van der Waals surface area contributed by atoms with Crippen LogP contribution in [-0.4, -0.2) is 67.3 Å². The number of aromatic hydroxyl groups is 8. The normalized spacial score (nSPS) is 15.1. The Morgan fingerprint density at radius 3 is 0.531 bits per heavy atom. The average molecular weight is 1310 g/mol. The SMILES string of the molecule is CCCCCCCCOc1ccc(C2c3cc(c(O)cc3O)C(c3ccc(OCCCCCCCC)cc3)c3cc(c(O)cc3O)C(c3ccc(OCCCCCCCC)cc3)c3cc(c(O)cc3O)C(c3ccc(OCCCCCCCC)cc3)c3cc2c(O)cc3O)cc1. The lowest BCUT2D eigenvalue weighted by molar-refractivity contribution is 0.304. The predicted molar refractivity (Wildman–Crippen MR) is 384 cm³/mol. The van der Waals surface area contributed by atoms with Gasteiger partial charge in [0.2, 0.25) is 0 Å². The third-order valence-electron chi connectivity index (χ3n) is 19.1. The quantitative estimate of drug-likeness (QED) is 0.0173. The van der Waals surface area contributed by atoms with Crippen LogP contribution in [-0.2, 0) is 0 Å². The van der Waals surface area contributed by atoms with E-state index in [1.807, 2.05) is 97.1 Å². The van der Waals surface area contributed by atoms with Crippen molar-refractivity contribution in [3.05, 3.63) is 212 Å². The molecule has 512 valence electrons. The molecule has 1 aliphatic rings. The molecule has 0 amide bonds. The zero-order chi connectivity index (χ0) is 67.8. The molecule has 0 fully saturated rings. The van der Waals surface area contributed by atoms with Crippen molar-refractivity contribution in [1.29, 1.82) is 0 Å². The van der Waals surface area contributed by atoms with Crippen LogP contribution in [0.5, 0.6) is 69.0 Å². The monoisotopic (exact) mass is 1300 g/mol. The van der Waals surface area contributed by atoms with Gasteiger partial charge in [0, 0.05) is 92.4 Å². The van der Waals surface area contributed by atoms with Gasteiger partial charge in [-0.3, -0.25) is 0 Å². The number of phenols is 8. The molecule has 8 bridgehead atoms. The lowest BCUT2D eigenvalue weighted by Gasteiger charge is -2.30. The second kappa shape index (κ2) is 36.5. The minimum absolute atomic E-state index is 0.264. The molecule has 0 aliphatic heterocycles. The van der Waals surface area contributed by atoms with Crippen LogP contribution >= 0.6 is 0 Å². The first-order chi connectivity index (χ1) is 46.8. The molecular formula is C84H104O12. The standard InChI is InChI=1S/C84H104O12/c1-5-9-13-17-21-25-45-93-61-37-29-57(30-38-61)81-65-49-67(75(87)53-73(65)85)82(58-31-39-62(40-32-58)94-46-26-22-18-14-10-6-2)69-51-71(79(91)55-77(69)89)84(60-35-43-64(44-36-60)96-48-28-24-20-16-12-8-4)72-52-70(78(90)56-80(72)92)83(68-50-66(81)74(86)54-76(68)88)59-33-41-63(42-34-59)95-47-27-23-19-15-11-7-3/h29-44,49-56,81-92H,5-28,45-48H2,1-4H3. The van der Waals surface area contributed by atoms with Crippen LogP contribution in [0.4, 0.5) is 0 Å². The Bertz CT molecular complexity index is 3090. The molecule has 0 saturated carbocycles. The van der Waals surface area contributed by atoms with Gasteiger partial charge in [0.05, 0.1) is 26.4 Å². The molecular weight excluding hydrogens is 1200 g/mol. The van der Waals surface area contributed by atoms with Crippen LogP contribution in [0.2, 0.25) is 0 Å². The highest BCUT2D eigenvalue weighted by molar-refractivity contribution is 5.67. The molecule has 0 saturated heterocycles. The first-order valence-corrected chi connectivity index (χ1v) is 36.0. The molecule has 1 aliphatic carbocycles. The first-order valence-electron chi connectivity index (χ1n) is 36.0. The van der Waals surface area contributed by atoms with Crippen molar-refractivity contribution >= 4 is 0 Å². The number of rotatable bonds is 36. The maximum atomic E-state index is 12.5. The molecule has 0 radical (unpaired) electrons. The van der Waals surface area contributed by atoms with Crippen molar-refractivity contribution in [3.63, 3.8) is 0 Å². The van der Waals surface area contributed by atoms with Crippen LogP contribution in [0.25, 0.3) is 0 Å². The number of hydrogen-bond donors (Lipinski definition) is 8. The van der Waals surface area contributed by atoms with Gasteiger partial charge in [-0.15, -0.1) is 0 Å². The van der Waals surface area contributed by atoms with Gasteiger partial charge in [-0.25, -0.2) is 0 Å². The number of phenolic OH excluding ortho intramolecular Hbond substituents is 8. The van der Waals surface area contributed by atoms with Gasteiger partial charge < -0.3 is 59.8 Å². The summed E-state index contributed by atoms with van der Waals surface area (Å²) in [6.45, 7) is 10.9. The Labute approximate surface area is 570 Å². The van der Waals surface area contributed by atoms with Gasteiger partial charge in [-0.2, -0.15) is 0 Å². The van der Waals surface area contributed by atoms with Crippen LogP contribution in [0.3, 0.4) is 0 Å². The van der Waals surface area contributed by atoms with Crippen LogP contribution in [0, 0.1) is 0 Å². The Hall–Kier alpha value is -8.64. The van der Waals surface area contributed by atoms with E-state index in [4.69, 9.17) is 18.9 Å². The maximum absolute atomic E-state index is 12.5. The third-order valence-corrected chi connectivity index (χ3v) is 19.1. The van der Waals surface area contributed by atoms with E-state index in [1.165, 1.54) is 101 Å². The minimum Gasteiger partial charge on any atom is -0.507 e. The summed E-state index contributed by atoms with van der Waals surface area (Å²) in [5, 5.41) is 100. The largest absolute Gasteiger partial charge is 0.507 e. The van der Waals surface area contributed by atoms with Gasteiger partial charge in [-0.1, -0.05) is 205 Å². The van der Waals surface area contributed by atoms with E-state index in [2.05, 4.69) is 27.7 Å². The summed E-state index contributed by atoms with van der Waals surface area (Å²) in [6, 6.07) is 41.8. The molecule has 8 N–H and O–H groups in total. The molecule has 8 aromatic rings. The van der Waals surface area contributed by atoms with E-state index >= 15 is 0 Å². The fourth-order valence-corrected chi connectivity index (χ4v) is 13.7. The van der Waals surface area contributed by atoms with Crippen molar-refractivity contribution in [3.8, 4) is 69.0 Å². The summed E-state index contributed by atoms with van der Waals surface area (Å²) in [4.78, 5) is 0. The van der Waals surface area contributed by atoms with E-state index in [9.17, 15) is 40.9 Å².